The van der Waals surface area contributed by atoms with Gasteiger partial charge < -0.3 is 10.2 Å². The Morgan fingerprint density at radius 2 is 1.78 bits per heavy atom. The summed E-state index contributed by atoms with van der Waals surface area (Å²) in [4.78, 5) is 24.3. The number of carbonyl (C=O) groups excluding carboxylic acids is 1. The monoisotopic (exact) mass is 437 g/mol. The molecular weight excluding hydrogens is 430 g/mol. The van der Waals surface area contributed by atoms with E-state index < -0.39 is 5.41 Å². The Morgan fingerprint density at radius 3 is 2.48 bits per heavy atom. The van der Waals surface area contributed by atoms with Crippen molar-refractivity contribution in [2.45, 2.75) is 11.8 Å². The van der Waals surface area contributed by atoms with E-state index in [1.54, 1.807) is 12.2 Å². The van der Waals surface area contributed by atoms with Crippen LogP contribution in [0.1, 0.15) is 12.0 Å². The van der Waals surface area contributed by atoms with Crippen LogP contribution in [0.15, 0.2) is 36.1 Å². The lowest BCUT2D eigenvalue weighted by molar-refractivity contribution is -0.111. The topological polar surface area (TPSA) is 94.6 Å². The Morgan fingerprint density at radius 1 is 1.09 bits per heavy atom. The molecule has 0 atom stereocenters. The second kappa shape index (κ2) is 4.85. The average Bonchev–Trinajstić information content (AvgIpc) is 3.00. The highest BCUT2D eigenvalue weighted by Gasteiger charge is 2.41. The van der Waals surface area contributed by atoms with E-state index in [0.717, 1.165) is 0 Å². The molecule has 23 heavy (non-hydrogen) atoms. The van der Waals surface area contributed by atoms with E-state index in [4.69, 9.17) is 0 Å². The Balaban J connectivity index is 2.13. The fourth-order valence-electron chi connectivity index (χ4n) is 3.17. The summed E-state index contributed by atoms with van der Waals surface area (Å²) in [6.45, 7) is 0.446. The van der Waals surface area contributed by atoms with Crippen molar-refractivity contribution in [3.05, 3.63) is 37.4 Å². The highest BCUT2D eigenvalue weighted by molar-refractivity contribution is 9.13. The van der Waals surface area contributed by atoms with E-state index in [9.17, 15) is 15.0 Å². The number of aliphatic imine (C=N–C) groups is 1. The van der Waals surface area contributed by atoms with Gasteiger partial charge in [-0.25, -0.2) is 9.98 Å². The number of aromatic hydroxyl groups is 2. The van der Waals surface area contributed by atoms with Crippen LogP contribution in [0, 0.1) is 0 Å². The quantitative estimate of drug-likeness (QED) is 0.604. The number of phenolic OH excluding ortho intramolecular Hbond substituents is 2. The molecule has 2 N–H and O–H groups in total. The van der Waals surface area contributed by atoms with Crippen molar-refractivity contribution in [3.8, 4) is 11.5 Å². The van der Waals surface area contributed by atoms with Crippen LogP contribution in [-0.4, -0.2) is 28.9 Å². The molecule has 0 saturated heterocycles. The third-order valence-electron chi connectivity index (χ3n) is 4.21. The van der Waals surface area contributed by atoms with Crippen LogP contribution in [0.5, 0.6) is 11.5 Å². The minimum atomic E-state index is -0.753. The molecule has 8 heteroatoms. The van der Waals surface area contributed by atoms with Gasteiger partial charge in [0.2, 0.25) is 5.78 Å². The Labute approximate surface area is 146 Å². The third kappa shape index (κ3) is 1.91. The zero-order valence-corrected chi connectivity index (χ0v) is 14.7. The number of carbonyl (C=O) groups is 1. The number of phenols is 2. The number of Topliss-reactive ketones (excluding diaryl/α,β-unsaturated/α-hetero) is 1. The molecular formula is C15H9Br2N3O3. The molecule has 116 valence electrons. The number of fused-ring (bicyclic) bond motifs is 3. The van der Waals surface area contributed by atoms with Crippen molar-refractivity contribution in [2.24, 2.45) is 15.0 Å². The largest absolute Gasteiger partial charge is 0.505 e. The molecule has 0 aromatic heterocycles. The number of ketones is 1. The third-order valence-corrected chi connectivity index (χ3v) is 5.39. The van der Waals surface area contributed by atoms with Crippen LogP contribution in [0.25, 0.3) is 0 Å². The van der Waals surface area contributed by atoms with Crippen LogP contribution >= 0.6 is 31.9 Å². The summed E-state index contributed by atoms with van der Waals surface area (Å²) in [6.07, 6.45) is 5.33. The van der Waals surface area contributed by atoms with Crippen molar-refractivity contribution < 1.29 is 15.0 Å². The highest BCUT2D eigenvalue weighted by atomic mass is 79.9. The summed E-state index contributed by atoms with van der Waals surface area (Å²) < 4.78 is 0.791. The molecule has 0 saturated carbocycles. The molecule has 1 aromatic carbocycles. The summed E-state index contributed by atoms with van der Waals surface area (Å²) in [5.41, 5.74) is -0.0900. The van der Waals surface area contributed by atoms with Gasteiger partial charge in [0, 0.05) is 17.5 Å². The van der Waals surface area contributed by atoms with Crippen molar-refractivity contribution in [1.82, 2.24) is 0 Å². The molecule has 1 aromatic rings. The second-order valence-electron chi connectivity index (χ2n) is 5.48. The number of benzene rings is 1. The fourth-order valence-corrected chi connectivity index (χ4v) is 4.68. The lowest BCUT2D eigenvalue weighted by Crippen LogP contribution is -2.38. The molecule has 4 rings (SSSR count). The molecule has 6 nitrogen and oxygen atoms in total. The Kier molecular flexibility index (Phi) is 3.11. The van der Waals surface area contributed by atoms with Crippen LogP contribution < -0.4 is 10.7 Å². The van der Waals surface area contributed by atoms with Gasteiger partial charge in [-0.1, -0.05) is 12.2 Å². The molecule has 0 radical (unpaired) electrons. The summed E-state index contributed by atoms with van der Waals surface area (Å²) in [5, 5.41) is 21.7. The van der Waals surface area contributed by atoms with Gasteiger partial charge in [0.1, 0.15) is 28.5 Å². The molecule has 0 unspecified atom stereocenters. The average molecular weight is 439 g/mol. The van der Waals surface area contributed by atoms with Crippen LogP contribution in [0.4, 0.5) is 5.69 Å². The Hall–Kier alpha value is -1.80. The fraction of sp³-hybridized carbons (Fsp3) is 0.200. The number of halogens is 2. The molecule has 0 bridgehead atoms. The first-order valence-corrected chi connectivity index (χ1v) is 8.38. The number of allylic oxidation sites excluding steroid dienone is 4. The van der Waals surface area contributed by atoms with Crippen LogP contribution in [0.2, 0.25) is 0 Å². The molecule has 1 aliphatic carbocycles. The first-order chi connectivity index (χ1) is 10.9. The maximum Gasteiger partial charge on any atom is 0.206 e. The van der Waals surface area contributed by atoms with E-state index in [1.165, 1.54) is 6.34 Å². The number of hydrogen-bond acceptors (Lipinski definition) is 6. The first kappa shape index (κ1) is 14.8. The predicted octanol–water partition coefficient (Wildman–Crippen LogP) is 1.79. The van der Waals surface area contributed by atoms with Gasteiger partial charge in [0.25, 0.3) is 0 Å². The first-order valence-electron chi connectivity index (χ1n) is 6.79. The van der Waals surface area contributed by atoms with Gasteiger partial charge in [-0.05, 0) is 38.3 Å². The van der Waals surface area contributed by atoms with Crippen molar-refractivity contribution >= 4 is 49.7 Å². The molecule has 2 heterocycles. The Bertz CT molecular complexity index is 970. The van der Waals surface area contributed by atoms with E-state index in [0.29, 0.717) is 32.9 Å². The summed E-state index contributed by atoms with van der Waals surface area (Å²) in [7, 11) is 0. The van der Waals surface area contributed by atoms with Gasteiger partial charge in [-0.15, -0.1) is 0 Å². The predicted molar refractivity (Wildman–Crippen MR) is 90.4 cm³/mol. The SMILES string of the molecule is O=C1C(Br)=CC2(C=C1Br)CCN=c1c(O)c3c(c(O)c12)=NC=N3. The van der Waals surface area contributed by atoms with Gasteiger partial charge in [-0.2, -0.15) is 0 Å². The van der Waals surface area contributed by atoms with Crippen LogP contribution in [0.3, 0.4) is 0 Å². The van der Waals surface area contributed by atoms with Crippen molar-refractivity contribution in [1.29, 1.82) is 0 Å². The van der Waals surface area contributed by atoms with E-state index in [2.05, 4.69) is 46.8 Å². The summed E-state index contributed by atoms with van der Waals surface area (Å²) >= 11 is 6.56. The van der Waals surface area contributed by atoms with E-state index >= 15 is 0 Å². The van der Waals surface area contributed by atoms with Crippen molar-refractivity contribution in [2.75, 3.05) is 6.54 Å². The van der Waals surface area contributed by atoms with Gasteiger partial charge >= 0.3 is 0 Å². The highest BCUT2D eigenvalue weighted by Crippen LogP contribution is 2.44. The van der Waals surface area contributed by atoms with Gasteiger partial charge in [0.15, 0.2) is 5.75 Å². The minimum absolute atomic E-state index is 0.0730. The zero-order chi connectivity index (χ0) is 16.4. The maximum atomic E-state index is 12.0. The lowest BCUT2D eigenvalue weighted by Gasteiger charge is -2.34. The lowest BCUT2D eigenvalue weighted by atomic mass is 9.72. The number of nitrogens with zero attached hydrogens (tertiary/aromatic N) is 3. The molecule has 0 amide bonds. The molecule has 0 fully saturated rings. The second-order valence-corrected chi connectivity index (χ2v) is 7.19. The normalized spacial score (nSPS) is 20.3. The molecule has 2 aliphatic heterocycles. The number of hydrogen-bond donors (Lipinski definition) is 2. The maximum absolute atomic E-state index is 12.0. The number of rotatable bonds is 0. The van der Waals surface area contributed by atoms with Gasteiger partial charge in [-0.3, -0.25) is 9.79 Å². The smallest absolute Gasteiger partial charge is 0.206 e. The van der Waals surface area contributed by atoms with Crippen LogP contribution in [-0.2, 0) is 10.2 Å². The summed E-state index contributed by atoms with van der Waals surface area (Å²) in [5.74, 6) is -0.343. The van der Waals surface area contributed by atoms with E-state index in [1.807, 2.05) is 0 Å². The standard InChI is InChI=1S/C15H9Br2N3O3/c16-6-3-15(4-7(17)12(6)21)1-2-18-9-8(15)13(22)10-11(14(9)23)20-5-19-10/h3-5,22-23H,1-2H2. The van der Waals surface area contributed by atoms with Crippen molar-refractivity contribution in [3.63, 3.8) is 0 Å². The van der Waals surface area contributed by atoms with Gasteiger partial charge in [0.05, 0.1) is 8.96 Å². The van der Waals surface area contributed by atoms with E-state index in [-0.39, 0.29) is 28.3 Å². The minimum Gasteiger partial charge on any atom is -0.505 e. The summed E-state index contributed by atoms with van der Waals surface area (Å²) in [6, 6.07) is 0. The zero-order valence-electron chi connectivity index (χ0n) is 11.5. The molecule has 3 aliphatic rings. The molecule has 1 spiro atoms.